The van der Waals surface area contributed by atoms with Crippen molar-refractivity contribution in [1.29, 1.82) is 0 Å². The summed E-state index contributed by atoms with van der Waals surface area (Å²) in [4.78, 5) is 35.2. The Bertz CT molecular complexity index is 938. The van der Waals surface area contributed by atoms with E-state index in [1.807, 2.05) is 11.8 Å². The lowest BCUT2D eigenvalue weighted by Gasteiger charge is -2.39. The number of likely N-dealkylation sites (N-methyl/N-ethyl adjacent to an activating group) is 1. The first kappa shape index (κ1) is 27.0. The molecule has 3 rings (SSSR count). The van der Waals surface area contributed by atoms with E-state index >= 15 is 0 Å². The van der Waals surface area contributed by atoms with Crippen LogP contribution in [-0.2, 0) is 20.7 Å². The van der Waals surface area contributed by atoms with E-state index in [9.17, 15) is 9.59 Å². The number of fused-ring (bicyclic) bond motifs is 1. The summed E-state index contributed by atoms with van der Waals surface area (Å²) in [6.45, 7) is 6.24. The second-order valence-electron chi connectivity index (χ2n) is 8.02. The van der Waals surface area contributed by atoms with Gasteiger partial charge in [-0.3, -0.25) is 14.7 Å². The molecule has 1 aliphatic rings. The number of nitrogens with zero attached hydrogens (tertiary/aromatic N) is 3. The Labute approximate surface area is 212 Å². The minimum Gasteiger partial charge on any atom is -0.385 e. The van der Waals surface area contributed by atoms with Crippen LogP contribution in [0, 0.1) is 0 Å². The molecular weight excluding hydrogens is 494 g/mol. The highest BCUT2D eigenvalue weighted by molar-refractivity contribution is 8.01. The third-order valence-corrected chi connectivity index (χ3v) is 8.62. The maximum atomic E-state index is 13.9. The zero-order valence-corrected chi connectivity index (χ0v) is 22.1. The van der Waals surface area contributed by atoms with Gasteiger partial charge in [-0.15, -0.1) is 11.3 Å². The number of hydrogen-bond acceptors (Lipinski definition) is 10. The van der Waals surface area contributed by atoms with E-state index in [2.05, 4.69) is 25.7 Å². The van der Waals surface area contributed by atoms with E-state index < -0.39 is 12.1 Å². The highest BCUT2D eigenvalue weighted by Gasteiger charge is 2.37. The normalized spacial score (nSPS) is 17.7. The third-order valence-electron chi connectivity index (χ3n) is 5.53. The number of nitrogens with one attached hydrogen (secondary N) is 2. The number of carbonyl (C=O) groups excluding carboxylic acids is 2. The summed E-state index contributed by atoms with van der Waals surface area (Å²) in [5, 5.41) is 8.70. The number of aromatic amines is 1. The number of ether oxygens (including phenoxy) is 1. The van der Waals surface area contributed by atoms with Gasteiger partial charge in [0.05, 0.1) is 26.8 Å². The Kier molecular flexibility index (Phi) is 10.2. The molecule has 0 bridgehead atoms. The molecule has 0 radical (unpaired) electrons. The summed E-state index contributed by atoms with van der Waals surface area (Å²) in [7, 11) is 1.70. The average Bonchev–Trinajstić information content (AvgIpc) is 3.48. The molecule has 0 aromatic carbocycles. The lowest BCUT2D eigenvalue weighted by Crippen LogP contribution is -2.54. The summed E-state index contributed by atoms with van der Waals surface area (Å²) in [5.41, 5.74) is 7.64. The van der Waals surface area contributed by atoms with Crippen molar-refractivity contribution in [3.8, 4) is 0 Å². The van der Waals surface area contributed by atoms with Crippen molar-refractivity contribution in [2.24, 2.45) is 10.9 Å². The Morgan fingerprint density at radius 2 is 2.29 bits per heavy atom. The number of amides is 2. The van der Waals surface area contributed by atoms with Gasteiger partial charge in [0.25, 0.3) is 0 Å². The summed E-state index contributed by atoms with van der Waals surface area (Å²) in [6, 6.07) is 0.433. The molecule has 2 aromatic heterocycles. The van der Waals surface area contributed by atoms with Crippen LogP contribution in [0.25, 0.3) is 0 Å². The fourth-order valence-corrected chi connectivity index (χ4v) is 6.99. The molecule has 3 heterocycles. The SMILES string of the molecule is CCN(C(=O)C(Cc1cnc[nH]1)NC(=O)C(C)N)C1CN(CCCOC)Sc2sc(SN)cc21. The van der Waals surface area contributed by atoms with Crippen LogP contribution < -0.4 is 16.2 Å². The standard InChI is InChI=1S/C21H33N7O3S3/c1-4-28(20(30)16(26-19(29)13(2)22)8-14-10-24-12-25-14)17-11-27(6-5-7-31-3)34-21-15(17)9-18(32-21)33-23/h9-10,12-13,16-17H,4-8,11,22-23H2,1-3H3,(H,24,25)(H,26,29). The van der Waals surface area contributed by atoms with Crippen LogP contribution in [0.3, 0.4) is 0 Å². The number of aromatic nitrogens is 2. The van der Waals surface area contributed by atoms with Gasteiger partial charge in [0.15, 0.2) is 0 Å². The van der Waals surface area contributed by atoms with Gasteiger partial charge in [-0.05, 0) is 50.2 Å². The van der Waals surface area contributed by atoms with E-state index in [4.69, 9.17) is 15.6 Å². The number of nitrogens with two attached hydrogens (primary N) is 2. The van der Waals surface area contributed by atoms with Crippen molar-refractivity contribution in [1.82, 2.24) is 24.5 Å². The lowest BCUT2D eigenvalue weighted by molar-refractivity contribution is -0.138. The van der Waals surface area contributed by atoms with Gasteiger partial charge >= 0.3 is 0 Å². The predicted molar refractivity (Wildman–Crippen MR) is 136 cm³/mol. The second-order valence-corrected chi connectivity index (χ2v) is 11.4. The molecule has 0 spiro atoms. The maximum absolute atomic E-state index is 13.9. The van der Waals surface area contributed by atoms with Crippen LogP contribution in [0.5, 0.6) is 0 Å². The van der Waals surface area contributed by atoms with Gasteiger partial charge in [-0.2, -0.15) is 0 Å². The van der Waals surface area contributed by atoms with E-state index in [1.165, 1.54) is 11.9 Å². The molecule has 2 amide bonds. The molecule has 34 heavy (non-hydrogen) atoms. The molecule has 0 saturated heterocycles. The van der Waals surface area contributed by atoms with Gasteiger partial charge in [0.1, 0.15) is 6.04 Å². The minimum atomic E-state index is -0.763. The van der Waals surface area contributed by atoms with Crippen molar-refractivity contribution in [3.63, 3.8) is 0 Å². The number of hydrogen-bond donors (Lipinski definition) is 4. The van der Waals surface area contributed by atoms with Crippen molar-refractivity contribution >= 4 is 47.0 Å². The van der Waals surface area contributed by atoms with Crippen LogP contribution in [0.15, 0.2) is 27.0 Å². The van der Waals surface area contributed by atoms with E-state index in [0.29, 0.717) is 26.1 Å². The molecular formula is C21H33N7O3S3. The lowest BCUT2D eigenvalue weighted by atomic mass is 10.0. The van der Waals surface area contributed by atoms with E-state index in [1.54, 1.807) is 49.8 Å². The fraction of sp³-hybridized carbons (Fsp3) is 0.571. The highest BCUT2D eigenvalue weighted by atomic mass is 32.2. The molecule has 0 saturated carbocycles. The Morgan fingerprint density at radius 3 is 2.91 bits per heavy atom. The Hall–Kier alpha value is -1.61. The molecule has 3 unspecified atom stereocenters. The summed E-state index contributed by atoms with van der Waals surface area (Å²) in [6.07, 6.45) is 4.41. The van der Waals surface area contributed by atoms with Gasteiger partial charge < -0.3 is 25.7 Å². The first-order chi connectivity index (χ1) is 16.4. The summed E-state index contributed by atoms with van der Waals surface area (Å²) in [5.74, 6) is -0.522. The molecule has 13 heteroatoms. The van der Waals surface area contributed by atoms with Crippen molar-refractivity contribution in [2.45, 2.75) is 53.2 Å². The zero-order chi connectivity index (χ0) is 24.7. The zero-order valence-electron chi connectivity index (χ0n) is 19.7. The van der Waals surface area contributed by atoms with Crippen LogP contribution in [-0.4, -0.2) is 76.4 Å². The van der Waals surface area contributed by atoms with Crippen LogP contribution in [0.4, 0.5) is 0 Å². The highest BCUT2D eigenvalue weighted by Crippen LogP contribution is 2.46. The molecule has 1 aliphatic heterocycles. The minimum absolute atomic E-state index is 0.154. The van der Waals surface area contributed by atoms with Crippen LogP contribution >= 0.6 is 35.2 Å². The van der Waals surface area contributed by atoms with E-state index in [0.717, 1.165) is 32.6 Å². The molecule has 6 N–H and O–H groups in total. The fourth-order valence-electron chi connectivity index (χ4n) is 3.81. The number of imidazole rings is 1. The maximum Gasteiger partial charge on any atom is 0.246 e. The number of thiophene rings is 1. The molecule has 188 valence electrons. The number of rotatable bonds is 12. The number of H-pyrrole nitrogens is 1. The second kappa shape index (κ2) is 12.9. The van der Waals surface area contributed by atoms with Crippen molar-refractivity contribution in [2.75, 3.05) is 33.4 Å². The summed E-state index contributed by atoms with van der Waals surface area (Å²) < 4.78 is 9.63. The summed E-state index contributed by atoms with van der Waals surface area (Å²) >= 11 is 4.56. The van der Waals surface area contributed by atoms with Crippen LogP contribution in [0.2, 0.25) is 0 Å². The van der Waals surface area contributed by atoms with Crippen molar-refractivity contribution < 1.29 is 14.3 Å². The number of carbonyl (C=O) groups is 2. The largest absolute Gasteiger partial charge is 0.385 e. The van der Waals surface area contributed by atoms with Gasteiger partial charge in [-0.25, -0.2) is 9.29 Å². The Morgan fingerprint density at radius 1 is 1.50 bits per heavy atom. The third kappa shape index (κ3) is 6.74. The topological polar surface area (TPSA) is 143 Å². The average molecular weight is 528 g/mol. The van der Waals surface area contributed by atoms with Gasteiger partial charge in [0.2, 0.25) is 11.8 Å². The molecule has 2 aromatic rings. The smallest absolute Gasteiger partial charge is 0.246 e. The molecule has 3 atom stereocenters. The van der Waals surface area contributed by atoms with Gasteiger partial charge in [-0.1, -0.05) is 0 Å². The Balaban J connectivity index is 1.88. The first-order valence-corrected chi connectivity index (χ1v) is 13.6. The molecule has 0 fully saturated rings. The number of methoxy groups -OCH3 is 1. The molecule has 10 nitrogen and oxygen atoms in total. The molecule has 0 aliphatic carbocycles. The predicted octanol–water partition coefficient (Wildman–Crippen LogP) is 1.76. The first-order valence-electron chi connectivity index (χ1n) is 11.1. The monoisotopic (exact) mass is 527 g/mol. The van der Waals surface area contributed by atoms with Gasteiger partial charge in [0, 0.05) is 57.2 Å². The van der Waals surface area contributed by atoms with Crippen molar-refractivity contribution in [3.05, 3.63) is 29.8 Å². The van der Waals surface area contributed by atoms with E-state index in [-0.39, 0.29) is 17.9 Å². The quantitative estimate of drug-likeness (QED) is 0.240. The van der Waals surface area contributed by atoms with Crippen LogP contribution in [0.1, 0.15) is 37.6 Å².